The van der Waals surface area contributed by atoms with E-state index in [4.69, 9.17) is 15.2 Å². The third kappa shape index (κ3) is 3.45. The van der Waals surface area contributed by atoms with Crippen LogP contribution in [0.2, 0.25) is 0 Å². The molecule has 0 aromatic heterocycles. The minimum Gasteiger partial charge on any atom is -0.493 e. The molecule has 0 bridgehead atoms. The average Bonchev–Trinajstić information content (AvgIpc) is 2.84. The summed E-state index contributed by atoms with van der Waals surface area (Å²) in [4.78, 5) is 0. The number of aryl methyl sites for hydroxylation is 1. The van der Waals surface area contributed by atoms with Gasteiger partial charge in [0.25, 0.3) is 0 Å². The molecule has 1 aromatic rings. The maximum absolute atomic E-state index is 5.78. The van der Waals surface area contributed by atoms with Crippen molar-refractivity contribution < 1.29 is 9.47 Å². The molecule has 3 heteroatoms. The normalized spacial score (nSPS) is 19.5. The van der Waals surface area contributed by atoms with Gasteiger partial charge in [0.15, 0.2) is 0 Å². The summed E-state index contributed by atoms with van der Waals surface area (Å²) in [5.74, 6) is 0.913. The Hall–Kier alpha value is -1.06. The number of benzene rings is 1. The summed E-state index contributed by atoms with van der Waals surface area (Å²) < 4.78 is 11.3. The summed E-state index contributed by atoms with van der Waals surface area (Å²) in [5.41, 5.74) is 8.01. The van der Waals surface area contributed by atoms with Crippen LogP contribution >= 0.6 is 0 Å². The molecule has 17 heavy (non-hydrogen) atoms. The van der Waals surface area contributed by atoms with Crippen molar-refractivity contribution in [2.45, 2.75) is 38.8 Å². The Balaban J connectivity index is 1.85. The summed E-state index contributed by atoms with van der Waals surface area (Å²) in [5, 5.41) is 0. The number of hydrogen-bond acceptors (Lipinski definition) is 3. The molecule has 0 amide bonds. The van der Waals surface area contributed by atoms with Crippen LogP contribution in [0.15, 0.2) is 18.2 Å². The van der Waals surface area contributed by atoms with Crippen LogP contribution in [0.5, 0.6) is 5.75 Å². The van der Waals surface area contributed by atoms with E-state index in [9.17, 15) is 0 Å². The fourth-order valence-electron chi connectivity index (χ4n) is 2.18. The van der Waals surface area contributed by atoms with Crippen molar-refractivity contribution in [2.24, 2.45) is 5.73 Å². The third-order valence-corrected chi connectivity index (χ3v) is 3.16. The van der Waals surface area contributed by atoms with Gasteiger partial charge in [0.2, 0.25) is 0 Å². The fraction of sp³-hybridized carbons (Fsp3) is 0.571. The molecule has 2 N–H and O–H groups in total. The summed E-state index contributed by atoms with van der Waals surface area (Å²) in [7, 11) is 0. The van der Waals surface area contributed by atoms with Crippen molar-refractivity contribution in [3.05, 3.63) is 29.3 Å². The molecule has 1 aromatic carbocycles. The Bertz CT molecular complexity index is 359. The van der Waals surface area contributed by atoms with E-state index in [-0.39, 0.29) is 0 Å². The number of rotatable bonds is 5. The molecule has 1 aliphatic heterocycles. The Morgan fingerprint density at radius 1 is 1.47 bits per heavy atom. The van der Waals surface area contributed by atoms with Gasteiger partial charge in [-0.25, -0.2) is 0 Å². The van der Waals surface area contributed by atoms with Crippen molar-refractivity contribution in [2.75, 3.05) is 13.2 Å². The molecule has 1 saturated heterocycles. The highest BCUT2D eigenvalue weighted by Gasteiger charge is 2.15. The van der Waals surface area contributed by atoms with Gasteiger partial charge in [-0.05, 0) is 25.8 Å². The van der Waals surface area contributed by atoms with Gasteiger partial charge >= 0.3 is 0 Å². The van der Waals surface area contributed by atoms with Crippen LogP contribution < -0.4 is 10.5 Å². The van der Waals surface area contributed by atoms with Crippen LogP contribution in [0.3, 0.4) is 0 Å². The number of ether oxygens (including phenoxy) is 2. The van der Waals surface area contributed by atoms with Gasteiger partial charge in [-0.3, -0.25) is 0 Å². The minimum absolute atomic E-state index is 0.391. The van der Waals surface area contributed by atoms with Gasteiger partial charge in [-0.1, -0.05) is 17.7 Å². The topological polar surface area (TPSA) is 44.5 Å². The summed E-state index contributed by atoms with van der Waals surface area (Å²) >= 11 is 0. The average molecular weight is 235 g/mol. The third-order valence-electron chi connectivity index (χ3n) is 3.16. The first-order valence-corrected chi connectivity index (χ1v) is 6.33. The Morgan fingerprint density at radius 2 is 2.35 bits per heavy atom. The zero-order chi connectivity index (χ0) is 12.1. The van der Waals surface area contributed by atoms with Crippen molar-refractivity contribution in [1.29, 1.82) is 0 Å². The predicted molar refractivity (Wildman–Crippen MR) is 68.2 cm³/mol. The first-order chi connectivity index (χ1) is 8.29. The molecular weight excluding hydrogens is 214 g/mol. The van der Waals surface area contributed by atoms with E-state index in [2.05, 4.69) is 19.1 Å². The Kier molecular flexibility index (Phi) is 4.40. The van der Waals surface area contributed by atoms with E-state index in [1.165, 1.54) is 18.4 Å². The molecule has 0 spiro atoms. The molecular formula is C14H21NO2. The van der Waals surface area contributed by atoms with Crippen molar-refractivity contribution in [1.82, 2.24) is 0 Å². The lowest BCUT2D eigenvalue weighted by molar-refractivity contribution is 0.0902. The molecule has 94 valence electrons. The van der Waals surface area contributed by atoms with Crippen LogP contribution in [-0.4, -0.2) is 19.3 Å². The molecule has 3 nitrogen and oxygen atoms in total. The smallest absolute Gasteiger partial charge is 0.123 e. The monoisotopic (exact) mass is 235 g/mol. The quantitative estimate of drug-likeness (QED) is 0.852. The fourth-order valence-corrected chi connectivity index (χ4v) is 2.18. The van der Waals surface area contributed by atoms with Crippen molar-refractivity contribution in [3.63, 3.8) is 0 Å². The van der Waals surface area contributed by atoms with Gasteiger partial charge in [0.05, 0.1) is 12.7 Å². The highest BCUT2D eigenvalue weighted by molar-refractivity contribution is 5.36. The second kappa shape index (κ2) is 6.03. The van der Waals surface area contributed by atoms with Crippen molar-refractivity contribution in [3.8, 4) is 5.75 Å². The Morgan fingerprint density at radius 3 is 3.06 bits per heavy atom. The molecule has 1 atom stereocenters. The first-order valence-electron chi connectivity index (χ1n) is 6.33. The van der Waals surface area contributed by atoms with E-state index < -0.39 is 0 Å². The molecule has 1 unspecified atom stereocenters. The molecule has 0 saturated carbocycles. The van der Waals surface area contributed by atoms with Crippen LogP contribution in [0.1, 0.15) is 30.4 Å². The highest BCUT2D eigenvalue weighted by atomic mass is 16.5. The van der Waals surface area contributed by atoms with Gasteiger partial charge in [0, 0.05) is 25.1 Å². The molecule has 1 fully saturated rings. The lowest BCUT2D eigenvalue weighted by Gasteiger charge is -2.13. The second-order valence-corrected chi connectivity index (χ2v) is 4.59. The van der Waals surface area contributed by atoms with Gasteiger partial charge in [0.1, 0.15) is 5.75 Å². The minimum atomic E-state index is 0.391. The molecule has 0 aliphatic carbocycles. The second-order valence-electron chi connectivity index (χ2n) is 4.59. The van der Waals surface area contributed by atoms with Crippen LogP contribution in [0.4, 0.5) is 0 Å². The van der Waals surface area contributed by atoms with E-state index in [0.717, 1.165) is 24.3 Å². The maximum atomic E-state index is 5.78. The van der Waals surface area contributed by atoms with Gasteiger partial charge in [-0.15, -0.1) is 0 Å². The summed E-state index contributed by atoms with van der Waals surface area (Å²) in [6.45, 7) is 4.20. The molecule has 0 radical (unpaired) electrons. The standard InChI is InChI=1S/C14H21NO2/c1-11-4-5-14(12(9-11)10-15)17-8-6-13-3-2-7-16-13/h4-5,9,13H,2-3,6-8,10,15H2,1H3. The van der Waals surface area contributed by atoms with Gasteiger partial charge < -0.3 is 15.2 Å². The summed E-state index contributed by atoms with van der Waals surface area (Å²) in [6, 6.07) is 6.15. The van der Waals surface area contributed by atoms with E-state index in [1.54, 1.807) is 0 Å². The molecule has 1 aliphatic rings. The number of hydrogen-bond donors (Lipinski definition) is 1. The maximum Gasteiger partial charge on any atom is 0.123 e. The van der Waals surface area contributed by atoms with E-state index in [1.807, 2.05) is 6.07 Å². The van der Waals surface area contributed by atoms with Crippen LogP contribution in [0, 0.1) is 6.92 Å². The molecule has 2 rings (SSSR count). The Labute approximate surface area is 103 Å². The predicted octanol–water partition coefficient (Wildman–Crippen LogP) is 2.40. The van der Waals surface area contributed by atoms with Crippen LogP contribution in [0.25, 0.3) is 0 Å². The molecule has 1 heterocycles. The van der Waals surface area contributed by atoms with Crippen LogP contribution in [-0.2, 0) is 11.3 Å². The lowest BCUT2D eigenvalue weighted by atomic mass is 10.1. The van der Waals surface area contributed by atoms with Crippen molar-refractivity contribution >= 4 is 0 Å². The summed E-state index contributed by atoms with van der Waals surface area (Å²) in [6.07, 6.45) is 3.71. The van der Waals surface area contributed by atoms with E-state index >= 15 is 0 Å². The van der Waals surface area contributed by atoms with E-state index in [0.29, 0.717) is 19.3 Å². The largest absolute Gasteiger partial charge is 0.493 e. The zero-order valence-electron chi connectivity index (χ0n) is 10.4. The first kappa shape index (κ1) is 12.4. The van der Waals surface area contributed by atoms with Gasteiger partial charge in [-0.2, -0.15) is 0 Å². The number of nitrogens with two attached hydrogens (primary N) is 1. The highest BCUT2D eigenvalue weighted by Crippen LogP contribution is 2.21. The zero-order valence-corrected chi connectivity index (χ0v) is 10.4. The SMILES string of the molecule is Cc1ccc(OCCC2CCCO2)c(CN)c1. The lowest BCUT2D eigenvalue weighted by Crippen LogP contribution is -2.12.